The molecule has 2 heterocycles. The molecule has 0 saturated carbocycles. The maximum atomic E-state index is 12.7. The second-order valence-electron chi connectivity index (χ2n) is 6.41. The number of nitrogens with zero attached hydrogens (tertiary/aromatic N) is 2. The minimum Gasteiger partial charge on any atom is -0.259 e. The average Bonchev–Trinajstić information content (AvgIpc) is 2.62. The van der Waals surface area contributed by atoms with Crippen molar-refractivity contribution in [3.63, 3.8) is 0 Å². The van der Waals surface area contributed by atoms with Crippen LogP contribution in [0, 0.1) is 5.92 Å². The lowest BCUT2D eigenvalue weighted by Crippen LogP contribution is -2.37. The number of pyridine rings is 1. The van der Waals surface area contributed by atoms with Crippen molar-refractivity contribution in [2.75, 3.05) is 13.1 Å². The molecule has 1 aromatic heterocycles. The fraction of sp³-hybridized carbons (Fsp3) is 0.389. The molecule has 0 N–H and O–H groups in total. The Balaban J connectivity index is 1.68. The van der Waals surface area contributed by atoms with Crippen molar-refractivity contribution in [2.45, 2.75) is 35.3 Å². The fourth-order valence-electron chi connectivity index (χ4n) is 2.79. The van der Waals surface area contributed by atoms with Crippen LogP contribution in [0.2, 0.25) is 10.0 Å². The van der Waals surface area contributed by atoms with Crippen molar-refractivity contribution in [3.05, 3.63) is 52.3 Å². The van der Waals surface area contributed by atoms with Gasteiger partial charge >= 0.3 is 0 Å². The molecule has 8 heteroatoms. The number of hydrogen-bond donors (Lipinski definition) is 0. The summed E-state index contributed by atoms with van der Waals surface area (Å²) >= 11 is 13.8. The van der Waals surface area contributed by atoms with Crippen molar-refractivity contribution in [1.29, 1.82) is 0 Å². The zero-order valence-electron chi connectivity index (χ0n) is 14.4. The highest BCUT2D eigenvalue weighted by Crippen LogP contribution is 2.35. The van der Waals surface area contributed by atoms with Crippen LogP contribution in [-0.2, 0) is 15.8 Å². The van der Waals surface area contributed by atoms with E-state index in [4.69, 9.17) is 23.2 Å². The van der Waals surface area contributed by atoms with Gasteiger partial charge in [-0.15, -0.1) is 11.8 Å². The predicted molar refractivity (Wildman–Crippen MR) is 107 cm³/mol. The summed E-state index contributed by atoms with van der Waals surface area (Å²) in [6, 6.07) is 8.76. The van der Waals surface area contributed by atoms with Gasteiger partial charge in [0, 0.05) is 29.9 Å². The topological polar surface area (TPSA) is 50.3 Å². The van der Waals surface area contributed by atoms with Crippen LogP contribution in [0.15, 0.2) is 46.3 Å². The van der Waals surface area contributed by atoms with E-state index in [1.165, 1.54) is 18.0 Å². The Hall–Kier alpha value is -0.790. The van der Waals surface area contributed by atoms with Crippen molar-refractivity contribution in [2.24, 2.45) is 5.92 Å². The van der Waals surface area contributed by atoms with E-state index >= 15 is 0 Å². The summed E-state index contributed by atoms with van der Waals surface area (Å²) in [7, 11) is -3.46. The Morgan fingerprint density at radius 3 is 2.38 bits per heavy atom. The summed E-state index contributed by atoms with van der Waals surface area (Å²) in [4.78, 5) is 5.37. The van der Waals surface area contributed by atoms with Crippen LogP contribution in [0.3, 0.4) is 0 Å². The van der Waals surface area contributed by atoms with E-state index in [1.54, 1.807) is 34.6 Å². The standard InChI is InChI=1S/C18H20Cl2N2O2S2/c1-13-7-9-22(10-8-13)26(23,24)15-6-5-14(21-11-15)12-25-18-16(19)3-2-4-17(18)20/h2-6,11,13H,7-10,12H2,1H3. The molecule has 2 aromatic rings. The number of sulfonamides is 1. The van der Waals surface area contributed by atoms with E-state index in [1.807, 2.05) is 0 Å². The van der Waals surface area contributed by atoms with Gasteiger partial charge in [-0.3, -0.25) is 4.98 Å². The zero-order valence-corrected chi connectivity index (χ0v) is 17.5. The number of aromatic nitrogens is 1. The Kier molecular flexibility index (Phi) is 6.51. The molecule has 3 rings (SSSR count). The quantitative estimate of drug-likeness (QED) is 0.618. The lowest BCUT2D eigenvalue weighted by molar-refractivity contribution is 0.288. The molecule has 1 aromatic carbocycles. The SMILES string of the molecule is CC1CCN(S(=O)(=O)c2ccc(CSc3c(Cl)cccc3Cl)nc2)CC1. The molecule has 0 radical (unpaired) electrons. The summed E-state index contributed by atoms with van der Waals surface area (Å²) in [6.45, 7) is 3.31. The average molecular weight is 431 g/mol. The minimum absolute atomic E-state index is 0.247. The molecule has 0 bridgehead atoms. The lowest BCUT2D eigenvalue weighted by Gasteiger charge is -2.29. The Labute approximate surface area is 169 Å². The van der Waals surface area contributed by atoms with Crippen LogP contribution >= 0.6 is 35.0 Å². The van der Waals surface area contributed by atoms with Gasteiger partial charge in [0.15, 0.2) is 0 Å². The molecule has 1 fully saturated rings. The smallest absolute Gasteiger partial charge is 0.244 e. The maximum absolute atomic E-state index is 12.7. The Bertz CT molecular complexity index is 845. The van der Waals surface area contributed by atoms with Gasteiger partial charge in [0.05, 0.1) is 15.7 Å². The first kappa shape index (κ1) is 20.0. The second-order valence-corrected chi connectivity index (χ2v) is 10.1. The monoisotopic (exact) mass is 430 g/mol. The molecule has 0 amide bonds. The molecule has 1 saturated heterocycles. The van der Waals surface area contributed by atoms with Crippen molar-refractivity contribution in [1.82, 2.24) is 9.29 Å². The molecular weight excluding hydrogens is 411 g/mol. The molecule has 1 aliphatic heterocycles. The van der Waals surface area contributed by atoms with Gasteiger partial charge < -0.3 is 0 Å². The molecule has 26 heavy (non-hydrogen) atoms. The van der Waals surface area contributed by atoms with Gasteiger partial charge in [-0.1, -0.05) is 36.2 Å². The van der Waals surface area contributed by atoms with Gasteiger partial charge in [-0.25, -0.2) is 8.42 Å². The number of piperidine rings is 1. The van der Waals surface area contributed by atoms with Gasteiger partial charge in [-0.2, -0.15) is 4.31 Å². The fourth-order valence-corrected chi connectivity index (χ4v) is 5.80. The van der Waals surface area contributed by atoms with Gasteiger partial charge in [0.1, 0.15) is 4.90 Å². The van der Waals surface area contributed by atoms with Crippen LogP contribution in [0.1, 0.15) is 25.5 Å². The first-order valence-electron chi connectivity index (χ1n) is 8.40. The van der Waals surface area contributed by atoms with E-state index in [9.17, 15) is 8.42 Å². The molecule has 1 aliphatic rings. The number of hydrogen-bond acceptors (Lipinski definition) is 4. The maximum Gasteiger partial charge on any atom is 0.244 e. The number of benzene rings is 1. The van der Waals surface area contributed by atoms with Gasteiger partial charge in [0.2, 0.25) is 10.0 Å². The molecule has 4 nitrogen and oxygen atoms in total. The third-order valence-corrected chi connectivity index (χ3v) is 8.37. The van der Waals surface area contributed by atoms with E-state index < -0.39 is 10.0 Å². The normalized spacial score (nSPS) is 16.7. The van der Waals surface area contributed by atoms with Crippen molar-refractivity contribution in [3.8, 4) is 0 Å². The largest absolute Gasteiger partial charge is 0.259 e. The first-order valence-corrected chi connectivity index (χ1v) is 11.6. The molecule has 0 spiro atoms. The van der Waals surface area contributed by atoms with Crippen LogP contribution < -0.4 is 0 Å². The summed E-state index contributed by atoms with van der Waals surface area (Å²) in [5.41, 5.74) is 0.775. The third-order valence-electron chi connectivity index (χ3n) is 4.46. The highest BCUT2D eigenvalue weighted by molar-refractivity contribution is 7.98. The predicted octanol–water partition coefficient (Wildman–Crippen LogP) is 5.10. The van der Waals surface area contributed by atoms with E-state index in [-0.39, 0.29) is 4.90 Å². The highest BCUT2D eigenvalue weighted by atomic mass is 35.5. The molecule has 140 valence electrons. The zero-order chi connectivity index (χ0) is 18.7. The summed E-state index contributed by atoms with van der Waals surface area (Å²) in [5.74, 6) is 1.14. The van der Waals surface area contributed by atoms with Crippen molar-refractivity contribution < 1.29 is 8.42 Å². The second kappa shape index (κ2) is 8.48. The summed E-state index contributed by atoms with van der Waals surface area (Å²) < 4.78 is 27.0. The summed E-state index contributed by atoms with van der Waals surface area (Å²) in [5, 5.41) is 1.20. The first-order chi connectivity index (χ1) is 12.4. The van der Waals surface area contributed by atoms with Gasteiger partial charge in [-0.05, 0) is 43.0 Å². The number of halogens is 2. The Morgan fingerprint density at radius 2 is 1.81 bits per heavy atom. The molecular formula is C18H20Cl2N2O2S2. The minimum atomic E-state index is -3.46. The van der Waals surface area contributed by atoms with Crippen LogP contribution in [-0.4, -0.2) is 30.8 Å². The third kappa shape index (κ3) is 4.54. The molecule has 0 aliphatic carbocycles. The molecule has 0 unspecified atom stereocenters. The highest BCUT2D eigenvalue weighted by Gasteiger charge is 2.28. The lowest BCUT2D eigenvalue weighted by atomic mass is 10.0. The Morgan fingerprint density at radius 1 is 1.15 bits per heavy atom. The van der Waals surface area contributed by atoms with Crippen molar-refractivity contribution >= 4 is 45.0 Å². The van der Waals surface area contributed by atoms with Crippen LogP contribution in [0.25, 0.3) is 0 Å². The molecule has 0 atom stereocenters. The van der Waals surface area contributed by atoms with E-state index in [2.05, 4.69) is 11.9 Å². The van der Waals surface area contributed by atoms with Crippen LogP contribution in [0.4, 0.5) is 0 Å². The van der Waals surface area contributed by atoms with Gasteiger partial charge in [0.25, 0.3) is 0 Å². The number of rotatable bonds is 5. The van der Waals surface area contributed by atoms with Crippen LogP contribution in [0.5, 0.6) is 0 Å². The van der Waals surface area contributed by atoms with E-state index in [0.717, 1.165) is 23.4 Å². The number of thioether (sulfide) groups is 1. The summed E-state index contributed by atoms with van der Waals surface area (Å²) in [6.07, 6.45) is 3.25. The van der Waals surface area contributed by atoms with E-state index in [0.29, 0.717) is 34.8 Å².